The Balaban J connectivity index is 1.43. The summed E-state index contributed by atoms with van der Waals surface area (Å²) >= 11 is 0. The summed E-state index contributed by atoms with van der Waals surface area (Å²) in [5, 5.41) is 0. The molecule has 3 aromatic rings. The highest BCUT2D eigenvalue weighted by molar-refractivity contribution is 5.63. The summed E-state index contributed by atoms with van der Waals surface area (Å²) in [5.41, 5.74) is 6.21. The molecule has 4 rings (SSSR count). The van der Waals surface area contributed by atoms with Gasteiger partial charge in [0.05, 0.1) is 6.04 Å². The summed E-state index contributed by atoms with van der Waals surface area (Å²) in [4.78, 5) is 6.69. The van der Waals surface area contributed by atoms with Crippen LogP contribution in [0.25, 0.3) is 11.1 Å². The van der Waals surface area contributed by atoms with Gasteiger partial charge in [-0.2, -0.15) is 0 Å². The monoisotopic (exact) mass is 352 g/mol. The molecule has 134 valence electrons. The van der Waals surface area contributed by atoms with Crippen LogP contribution in [-0.2, 0) is 6.42 Å². The van der Waals surface area contributed by atoms with Crippen molar-refractivity contribution in [3.63, 3.8) is 0 Å². The van der Waals surface area contributed by atoms with E-state index in [0.717, 1.165) is 18.7 Å². The van der Waals surface area contributed by atoms with Crippen LogP contribution < -0.4 is 0 Å². The lowest BCUT2D eigenvalue weighted by molar-refractivity contribution is 0.324. The van der Waals surface area contributed by atoms with Crippen molar-refractivity contribution < 1.29 is 0 Å². The fourth-order valence-corrected chi connectivity index (χ4v) is 3.55. The molecular formula is C25H24N2. The highest BCUT2D eigenvalue weighted by atomic mass is 15.1. The van der Waals surface area contributed by atoms with E-state index in [1.807, 2.05) is 13.1 Å². The molecule has 0 amide bonds. The van der Waals surface area contributed by atoms with E-state index in [2.05, 4.69) is 101 Å². The van der Waals surface area contributed by atoms with Crippen LogP contribution in [0.15, 0.2) is 97.4 Å². The molecule has 0 aliphatic carbocycles. The molecule has 0 saturated carbocycles. The summed E-state index contributed by atoms with van der Waals surface area (Å²) in [6.45, 7) is 3.02. The van der Waals surface area contributed by atoms with Crippen LogP contribution in [0.4, 0.5) is 0 Å². The van der Waals surface area contributed by atoms with Crippen molar-refractivity contribution in [3.8, 4) is 11.1 Å². The van der Waals surface area contributed by atoms with Gasteiger partial charge in [-0.25, -0.2) is 0 Å². The van der Waals surface area contributed by atoms with E-state index >= 15 is 0 Å². The first kappa shape index (κ1) is 17.3. The van der Waals surface area contributed by atoms with Crippen LogP contribution in [0.1, 0.15) is 22.9 Å². The second kappa shape index (κ2) is 8.05. The lowest BCUT2D eigenvalue weighted by Crippen LogP contribution is -2.26. The summed E-state index contributed by atoms with van der Waals surface area (Å²) < 4.78 is 0. The van der Waals surface area contributed by atoms with Crippen LogP contribution in [-0.4, -0.2) is 16.4 Å². The number of allylic oxidation sites excluding steroid dienone is 2. The Morgan fingerprint density at radius 1 is 0.889 bits per heavy atom. The average molecular weight is 352 g/mol. The Morgan fingerprint density at radius 3 is 2.48 bits per heavy atom. The number of aryl methyl sites for hydroxylation is 1. The van der Waals surface area contributed by atoms with Crippen LogP contribution >= 0.6 is 0 Å². The maximum atomic E-state index is 4.28. The minimum atomic E-state index is 0.315. The zero-order chi connectivity index (χ0) is 18.5. The number of rotatable bonds is 5. The van der Waals surface area contributed by atoms with Gasteiger partial charge in [0, 0.05) is 18.4 Å². The van der Waals surface area contributed by atoms with Gasteiger partial charge < -0.3 is 4.90 Å². The summed E-state index contributed by atoms with van der Waals surface area (Å²) in [5.74, 6) is 0. The largest absolute Gasteiger partial charge is 0.367 e. The minimum absolute atomic E-state index is 0.315. The minimum Gasteiger partial charge on any atom is -0.367 e. The molecule has 0 radical (unpaired) electrons. The molecule has 2 heteroatoms. The van der Waals surface area contributed by atoms with Crippen molar-refractivity contribution >= 4 is 0 Å². The van der Waals surface area contributed by atoms with Crippen molar-refractivity contribution in [1.82, 2.24) is 9.88 Å². The maximum Gasteiger partial charge on any atom is 0.0724 e. The van der Waals surface area contributed by atoms with Gasteiger partial charge >= 0.3 is 0 Å². The van der Waals surface area contributed by atoms with Gasteiger partial charge in [0.1, 0.15) is 0 Å². The van der Waals surface area contributed by atoms with Crippen molar-refractivity contribution in [3.05, 3.63) is 114 Å². The zero-order valence-electron chi connectivity index (χ0n) is 15.6. The Bertz CT molecular complexity index is 940. The van der Waals surface area contributed by atoms with Crippen molar-refractivity contribution in [2.24, 2.45) is 0 Å². The maximum absolute atomic E-state index is 4.28. The molecule has 0 fully saturated rings. The topological polar surface area (TPSA) is 16.1 Å². The highest BCUT2D eigenvalue weighted by Crippen LogP contribution is 2.26. The smallest absolute Gasteiger partial charge is 0.0724 e. The number of aromatic nitrogens is 1. The highest BCUT2D eigenvalue weighted by Gasteiger charge is 2.16. The van der Waals surface area contributed by atoms with Gasteiger partial charge in [-0.1, -0.05) is 66.7 Å². The number of hydrogen-bond donors (Lipinski definition) is 0. The van der Waals surface area contributed by atoms with Crippen molar-refractivity contribution in [2.45, 2.75) is 19.4 Å². The normalized spacial score (nSPS) is 15.9. The third-order valence-electron chi connectivity index (χ3n) is 5.02. The standard InChI is InChI=1S/C25H24N2/c1-20-19-24(14-16-26-20)22-12-10-21(11-13-22)15-18-27-17-6-5-9-25(27)23-7-3-2-4-8-23/h2-14,16-17,19,25H,15,18H2,1H3. The molecule has 2 nitrogen and oxygen atoms in total. The molecule has 1 atom stereocenters. The fourth-order valence-electron chi connectivity index (χ4n) is 3.55. The van der Waals surface area contributed by atoms with Gasteiger partial charge in [0.25, 0.3) is 0 Å². The number of nitrogens with zero attached hydrogens (tertiary/aromatic N) is 2. The van der Waals surface area contributed by atoms with Gasteiger partial charge in [0.15, 0.2) is 0 Å². The number of hydrogen-bond acceptors (Lipinski definition) is 2. The zero-order valence-corrected chi connectivity index (χ0v) is 15.6. The van der Waals surface area contributed by atoms with Gasteiger partial charge in [-0.3, -0.25) is 4.98 Å². The first-order valence-electron chi connectivity index (χ1n) is 9.47. The molecule has 0 saturated heterocycles. The van der Waals surface area contributed by atoms with E-state index in [4.69, 9.17) is 0 Å². The Labute approximate surface area is 161 Å². The lowest BCUT2D eigenvalue weighted by Gasteiger charge is -2.31. The molecule has 0 spiro atoms. The fraction of sp³-hybridized carbons (Fsp3) is 0.160. The lowest BCUT2D eigenvalue weighted by atomic mass is 10.0. The van der Waals surface area contributed by atoms with E-state index in [9.17, 15) is 0 Å². The van der Waals surface area contributed by atoms with E-state index in [0.29, 0.717) is 6.04 Å². The van der Waals surface area contributed by atoms with E-state index < -0.39 is 0 Å². The van der Waals surface area contributed by atoms with Crippen LogP contribution in [0, 0.1) is 6.92 Å². The van der Waals surface area contributed by atoms with Gasteiger partial charge in [-0.05, 0) is 60.0 Å². The molecule has 2 aromatic carbocycles. The molecule has 1 aliphatic rings. The molecule has 1 aromatic heterocycles. The van der Waals surface area contributed by atoms with Crippen LogP contribution in [0.5, 0.6) is 0 Å². The molecule has 2 heterocycles. The molecule has 0 N–H and O–H groups in total. The van der Waals surface area contributed by atoms with Crippen LogP contribution in [0.2, 0.25) is 0 Å². The van der Waals surface area contributed by atoms with Crippen molar-refractivity contribution in [1.29, 1.82) is 0 Å². The quantitative estimate of drug-likeness (QED) is 0.583. The summed E-state index contributed by atoms with van der Waals surface area (Å²) in [7, 11) is 0. The molecule has 1 unspecified atom stereocenters. The van der Waals surface area contributed by atoms with E-state index in [1.165, 1.54) is 22.3 Å². The SMILES string of the molecule is Cc1cc(-c2ccc(CCN3C=CC=CC3c3ccccc3)cc2)ccn1. The molecule has 27 heavy (non-hydrogen) atoms. The summed E-state index contributed by atoms with van der Waals surface area (Å²) in [6, 6.07) is 24.1. The van der Waals surface area contributed by atoms with Crippen molar-refractivity contribution in [2.75, 3.05) is 6.54 Å². The molecular weight excluding hydrogens is 328 g/mol. The average Bonchev–Trinajstić information content (AvgIpc) is 2.73. The molecule has 1 aliphatic heterocycles. The molecule has 0 bridgehead atoms. The predicted octanol–water partition coefficient (Wildman–Crippen LogP) is 5.73. The predicted molar refractivity (Wildman–Crippen MR) is 112 cm³/mol. The van der Waals surface area contributed by atoms with Gasteiger partial charge in [0.2, 0.25) is 0 Å². The van der Waals surface area contributed by atoms with E-state index in [1.54, 1.807) is 0 Å². The Kier molecular flexibility index (Phi) is 5.15. The second-order valence-corrected chi connectivity index (χ2v) is 6.95. The Hall–Kier alpha value is -3.13. The van der Waals surface area contributed by atoms with Gasteiger partial charge in [-0.15, -0.1) is 0 Å². The third-order valence-corrected chi connectivity index (χ3v) is 5.02. The summed E-state index contributed by atoms with van der Waals surface area (Å²) in [6.07, 6.45) is 11.6. The first-order chi connectivity index (χ1) is 13.3. The first-order valence-corrected chi connectivity index (χ1v) is 9.47. The second-order valence-electron chi connectivity index (χ2n) is 6.95. The third kappa shape index (κ3) is 4.17. The number of pyridine rings is 1. The Morgan fingerprint density at radius 2 is 1.70 bits per heavy atom. The van der Waals surface area contributed by atoms with E-state index in [-0.39, 0.29) is 0 Å². The number of benzene rings is 2. The van der Waals surface area contributed by atoms with Crippen LogP contribution in [0.3, 0.4) is 0 Å².